The standard InChI is InChI=1S/C16H24ClN5S/c1-5-14-8-19-15(23-14)9-20-16(18-6-2)22(4)11-13-7-12(17)10-21(13)3/h7-8,10H,5-6,9,11H2,1-4H3,(H,18,20). The molecule has 1 N–H and O–H groups in total. The van der Waals surface area contributed by atoms with E-state index in [1.165, 1.54) is 4.88 Å². The first kappa shape index (κ1) is 17.8. The SMILES string of the molecule is CCNC(=NCc1ncc(CC)s1)N(C)Cc1cc(Cl)cn1C. The number of thiazole rings is 1. The Morgan fingerprint density at radius 1 is 1.48 bits per heavy atom. The maximum absolute atomic E-state index is 6.06. The van der Waals surface area contributed by atoms with Crippen LogP contribution in [0.2, 0.25) is 5.02 Å². The Labute approximate surface area is 147 Å². The minimum Gasteiger partial charge on any atom is -0.357 e. The molecule has 5 nitrogen and oxygen atoms in total. The summed E-state index contributed by atoms with van der Waals surface area (Å²) in [5, 5.41) is 5.14. The van der Waals surface area contributed by atoms with Gasteiger partial charge in [0.05, 0.1) is 18.1 Å². The van der Waals surface area contributed by atoms with Gasteiger partial charge < -0.3 is 14.8 Å². The van der Waals surface area contributed by atoms with Crippen molar-refractivity contribution < 1.29 is 0 Å². The maximum atomic E-state index is 6.06. The Morgan fingerprint density at radius 2 is 2.26 bits per heavy atom. The predicted molar refractivity (Wildman–Crippen MR) is 98.2 cm³/mol. The summed E-state index contributed by atoms with van der Waals surface area (Å²) in [6.07, 6.45) is 4.88. The van der Waals surface area contributed by atoms with E-state index in [0.29, 0.717) is 6.54 Å². The topological polar surface area (TPSA) is 45.5 Å². The van der Waals surface area contributed by atoms with Gasteiger partial charge >= 0.3 is 0 Å². The molecule has 0 aromatic carbocycles. The second-order valence-corrected chi connectivity index (χ2v) is 7.00. The zero-order chi connectivity index (χ0) is 16.8. The van der Waals surface area contributed by atoms with E-state index in [-0.39, 0.29) is 0 Å². The Kier molecular flexibility index (Phi) is 6.47. The van der Waals surface area contributed by atoms with Gasteiger partial charge in [-0.1, -0.05) is 18.5 Å². The van der Waals surface area contributed by atoms with Gasteiger partial charge in [0.1, 0.15) is 5.01 Å². The summed E-state index contributed by atoms with van der Waals surface area (Å²) in [6, 6.07) is 1.98. The van der Waals surface area contributed by atoms with Crippen molar-refractivity contribution in [2.75, 3.05) is 13.6 Å². The van der Waals surface area contributed by atoms with Crippen LogP contribution in [0, 0.1) is 0 Å². The van der Waals surface area contributed by atoms with Gasteiger partial charge in [-0.05, 0) is 19.4 Å². The van der Waals surface area contributed by atoms with E-state index < -0.39 is 0 Å². The van der Waals surface area contributed by atoms with Gasteiger partial charge in [0.25, 0.3) is 0 Å². The molecule has 0 atom stereocenters. The average Bonchev–Trinajstić information content (AvgIpc) is 3.10. The van der Waals surface area contributed by atoms with Crippen molar-refractivity contribution >= 4 is 28.9 Å². The van der Waals surface area contributed by atoms with Crippen LogP contribution in [0.25, 0.3) is 0 Å². The lowest BCUT2D eigenvalue weighted by molar-refractivity contribution is 0.462. The van der Waals surface area contributed by atoms with Crippen LogP contribution in [0.4, 0.5) is 0 Å². The third-order valence-corrected chi connectivity index (χ3v) is 4.82. The van der Waals surface area contributed by atoms with Crippen LogP contribution in [0.5, 0.6) is 0 Å². The van der Waals surface area contributed by atoms with E-state index in [1.807, 2.05) is 37.1 Å². The number of hydrogen-bond donors (Lipinski definition) is 1. The number of rotatable bonds is 6. The molecule has 0 radical (unpaired) electrons. The highest BCUT2D eigenvalue weighted by Gasteiger charge is 2.10. The first-order valence-corrected chi connectivity index (χ1v) is 8.96. The first-order valence-electron chi connectivity index (χ1n) is 7.77. The van der Waals surface area contributed by atoms with Crippen LogP contribution >= 0.6 is 22.9 Å². The van der Waals surface area contributed by atoms with Crippen LogP contribution in [-0.4, -0.2) is 34.0 Å². The van der Waals surface area contributed by atoms with Gasteiger partial charge in [-0.15, -0.1) is 11.3 Å². The number of aliphatic imine (C=N–C) groups is 1. The second kappa shape index (κ2) is 8.36. The maximum Gasteiger partial charge on any atom is 0.194 e. The molecule has 7 heteroatoms. The fourth-order valence-corrected chi connectivity index (χ4v) is 3.30. The lowest BCUT2D eigenvalue weighted by Gasteiger charge is -2.22. The highest BCUT2D eigenvalue weighted by atomic mass is 35.5. The molecule has 2 heterocycles. The lowest BCUT2D eigenvalue weighted by Crippen LogP contribution is -2.38. The highest BCUT2D eigenvalue weighted by Crippen LogP contribution is 2.16. The molecule has 0 unspecified atom stereocenters. The number of nitrogens with one attached hydrogen (secondary N) is 1. The summed E-state index contributed by atoms with van der Waals surface area (Å²) < 4.78 is 2.04. The molecule has 0 amide bonds. The molecule has 23 heavy (non-hydrogen) atoms. The summed E-state index contributed by atoms with van der Waals surface area (Å²) in [7, 11) is 4.03. The summed E-state index contributed by atoms with van der Waals surface area (Å²) in [4.78, 5) is 12.5. The van der Waals surface area contributed by atoms with Gasteiger partial charge in [-0.25, -0.2) is 9.98 Å². The summed E-state index contributed by atoms with van der Waals surface area (Å²) in [5.41, 5.74) is 1.14. The fraction of sp³-hybridized carbons (Fsp3) is 0.500. The summed E-state index contributed by atoms with van der Waals surface area (Å²) in [6.45, 7) is 6.39. The predicted octanol–water partition coefficient (Wildman–Crippen LogP) is 3.29. The third kappa shape index (κ3) is 4.97. The number of aryl methyl sites for hydroxylation is 2. The monoisotopic (exact) mass is 353 g/mol. The van der Waals surface area contributed by atoms with Crippen molar-refractivity contribution in [3.8, 4) is 0 Å². The van der Waals surface area contributed by atoms with E-state index in [9.17, 15) is 0 Å². The average molecular weight is 354 g/mol. The van der Waals surface area contributed by atoms with E-state index in [2.05, 4.69) is 29.0 Å². The molecule has 2 rings (SSSR count). The highest BCUT2D eigenvalue weighted by molar-refractivity contribution is 7.11. The van der Waals surface area contributed by atoms with Gasteiger partial charge in [-0.3, -0.25) is 0 Å². The Balaban J connectivity index is 2.06. The lowest BCUT2D eigenvalue weighted by atomic mass is 10.4. The first-order chi connectivity index (χ1) is 11.0. The molecular weight excluding hydrogens is 330 g/mol. The third-order valence-electron chi connectivity index (χ3n) is 3.48. The van der Waals surface area contributed by atoms with Crippen LogP contribution in [0.3, 0.4) is 0 Å². The Morgan fingerprint density at radius 3 is 2.83 bits per heavy atom. The van der Waals surface area contributed by atoms with Gasteiger partial charge in [0, 0.05) is 43.6 Å². The van der Waals surface area contributed by atoms with Crippen LogP contribution < -0.4 is 5.32 Å². The fourth-order valence-electron chi connectivity index (χ4n) is 2.24. The molecule has 2 aromatic heterocycles. The molecule has 2 aromatic rings. The smallest absolute Gasteiger partial charge is 0.194 e. The molecule has 0 fully saturated rings. The van der Waals surface area contributed by atoms with E-state index in [0.717, 1.165) is 41.2 Å². The number of hydrogen-bond acceptors (Lipinski definition) is 3. The molecular formula is C16H24ClN5S. The van der Waals surface area contributed by atoms with Crippen molar-refractivity contribution in [3.63, 3.8) is 0 Å². The molecule has 0 saturated carbocycles. The van der Waals surface area contributed by atoms with Crippen molar-refractivity contribution in [1.82, 2.24) is 19.8 Å². The molecule has 0 bridgehead atoms. The van der Waals surface area contributed by atoms with Crippen molar-refractivity contribution in [3.05, 3.63) is 39.1 Å². The minimum absolute atomic E-state index is 0.602. The van der Waals surface area contributed by atoms with Crippen LogP contribution in [-0.2, 0) is 26.6 Å². The number of nitrogens with zero attached hydrogens (tertiary/aromatic N) is 4. The van der Waals surface area contributed by atoms with Crippen molar-refractivity contribution in [2.24, 2.45) is 12.0 Å². The zero-order valence-corrected chi connectivity index (χ0v) is 15.7. The molecule has 0 saturated heterocycles. The van der Waals surface area contributed by atoms with Gasteiger partial charge in [0.15, 0.2) is 5.96 Å². The quantitative estimate of drug-likeness (QED) is 0.640. The van der Waals surface area contributed by atoms with E-state index >= 15 is 0 Å². The number of aromatic nitrogens is 2. The molecule has 126 valence electrons. The number of halogens is 1. The Bertz CT molecular complexity index is 661. The molecule has 0 spiro atoms. The summed E-state index contributed by atoms with van der Waals surface area (Å²) >= 11 is 7.78. The zero-order valence-electron chi connectivity index (χ0n) is 14.1. The minimum atomic E-state index is 0.602. The van der Waals surface area contributed by atoms with Gasteiger partial charge in [-0.2, -0.15) is 0 Å². The summed E-state index contributed by atoms with van der Waals surface area (Å²) in [5.74, 6) is 0.873. The van der Waals surface area contributed by atoms with Crippen molar-refractivity contribution in [1.29, 1.82) is 0 Å². The van der Waals surface area contributed by atoms with E-state index in [1.54, 1.807) is 11.3 Å². The Hall–Kier alpha value is -1.53. The van der Waals surface area contributed by atoms with Crippen molar-refractivity contribution in [2.45, 2.75) is 33.4 Å². The molecule has 0 aliphatic rings. The number of guanidine groups is 1. The molecule has 0 aliphatic carbocycles. The van der Waals surface area contributed by atoms with E-state index in [4.69, 9.17) is 16.6 Å². The normalized spacial score (nSPS) is 11.8. The molecule has 0 aliphatic heterocycles. The second-order valence-electron chi connectivity index (χ2n) is 5.36. The van der Waals surface area contributed by atoms with Gasteiger partial charge in [0.2, 0.25) is 0 Å². The van der Waals surface area contributed by atoms with Crippen LogP contribution in [0.1, 0.15) is 29.4 Å². The largest absolute Gasteiger partial charge is 0.357 e. The van der Waals surface area contributed by atoms with Crippen LogP contribution in [0.15, 0.2) is 23.5 Å².